The third-order valence-electron chi connectivity index (χ3n) is 4.69. The smallest absolute Gasteiger partial charge is 0.220 e. The molecule has 0 unspecified atom stereocenters. The molecule has 1 aliphatic heterocycles. The first-order chi connectivity index (χ1) is 12.2. The highest BCUT2D eigenvalue weighted by molar-refractivity contribution is 5.76. The molecule has 1 N–H and O–H groups in total. The van der Waals surface area contributed by atoms with Crippen LogP contribution in [0.5, 0.6) is 5.75 Å². The Kier molecular flexibility index (Phi) is 5.58. The molecule has 1 aromatic heterocycles. The van der Waals surface area contributed by atoms with Gasteiger partial charge in [0.05, 0.1) is 19.0 Å². The van der Waals surface area contributed by atoms with Crippen molar-refractivity contribution in [2.45, 2.75) is 31.7 Å². The molecular weight excluding hydrogens is 316 g/mol. The van der Waals surface area contributed by atoms with E-state index in [1.165, 1.54) is 0 Å². The van der Waals surface area contributed by atoms with Gasteiger partial charge in [0.25, 0.3) is 0 Å². The van der Waals surface area contributed by atoms with Crippen molar-refractivity contribution in [1.29, 1.82) is 0 Å². The number of aryl methyl sites for hydroxylation is 2. The Morgan fingerprint density at radius 1 is 1.32 bits per heavy atom. The van der Waals surface area contributed by atoms with Gasteiger partial charge in [-0.2, -0.15) is 5.10 Å². The number of nitrogens with zero attached hydrogens (tertiary/aromatic N) is 3. The zero-order valence-corrected chi connectivity index (χ0v) is 14.9. The molecule has 6 nitrogen and oxygen atoms in total. The molecule has 134 valence electrons. The van der Waals surface area contributed by atoms with Crippen LogP contribution in [0.2, 0.25) is 0 Å². The predicted molar refractivity (Wildman–Crippen MR) is 97.9 cm³/mol. The first-order valence-electron chi connectivity index (χ1n) is 8.80. The van der Waals surface area contributed by atoms with E-state index in [1.54, 1.807) is 11.8 Å². The van der Waals surface area contributed by atoms with E-state index in [2.05, 4.69) is 21.4 Å². The van der Waals surface area contributed by atoms with E-state index in [0.717, 1.165) is 49.4 Å². The maximum Gasteiger partial charge on any atom is 0.220 e. The Bertz CT molecular complexity index is 705. The zero-order chi connectivity index (χ0) is 17.6. The van der Waals surface area contributed by atoms with Crippen LogP contribution in [0.1, 0.15) is 24.8 Å². The van der Waals surface area contributed by atoms with E-state index in [4.69, 9.17) is 4.74 Å². The molecule has 1 aromatic carbocycles. The van der Waals surface area contributed by atoms with Crippen LogP contribution in [-0.2, 0) is 18.3 Å². The van der Waals surface area contributed by atoms with Crippen LogP contribution in [0.25, 0.3) is 0 Å². The summed E-state index contributed by atoms with van der Waals surface area (Å²) in [6.45, 7) is 1.85. The number of para-hydroxylation sites is 2. The molecule has 1 aliphatic rings. The van der Waals surface area contributed by atoms with Gasteiger partial charge in [0.1, 0.15) is 5.75 Å². The molecule has 0 bridgehead atoms. The van der Waals surface area contributed by atoms with E-state index >= 15 is 0 Å². The number of piperidine rings is 1. The third-order valence-corrected chi connectivity index (χ3v) is 4.69. The summed E-state index contributed by atoms with van der Waals surface area (Å²) in [6.07, 6.45) is 6.93. The monoisotopic (exact) mass is 342 g/mol. The van der Waals surface area contributed by atoms with Crippen molar-refractivity contribution in [2.75, 3.05) is 25.1 Å². The van der Waals surface area contributed by atoms with Gasteiger partial charge in [-0.1, -0.05) is 12.1 Å². The number of benzene rings is 1. The highest BCUT2D eigenvalue weighted by Crippen LogP contribution is 2.29. The van der Waals surface area contributed by atoms with Crippen LogP contribution >= 0.6 is 0 Å². The summed E-state index contributed by atoms with van der Waals surface area (Å²) in [5.74, 6) is 1.03. The molecule has 0 saturated carbocycles. The Morgan fingerprint density at radius 2 is 2.08 bits per heavy atom. The predicted octanol–water partition coefficient (Wildman–Crippen LogP) is 2.15. The first kappa shape index (κ1) is 17.3. The highest BCUT2D eigenvalue weighted by atomic mass is 16.5. The number of carbonyl (C=O) groups is 1. The number of nitrogens with one attached hydrogen (secondary N) is 1. The zero-order valence-electron chi connectivity index (χ0n) is 14.9. The first-order valence-corrected chi connectivity index (χ1v) is 8.80. The van der Waals surface area contributed by atoms with Crippen LogP contribution < -0.4 is 15.0 Å². The van der Waals surface area contributed by atoms with E-state index in [1.807, 2.05) is 37.6 Å². The minimum atomic E-state index is 0.125. The van der Waals surface area contributed by atoms with Gasteiger partial charge in [0, 0.05) is 38.8 Å². The summed E-state index contributed by atoms with van der Waals surface area (Å²) in [7, 11) is 3.59. The number of rotatable bonds is 6. The number of carbonyl (C=O) groups excluding carboxylic acids is 1. The van der Waals surface area contributed by atoms with Crippen molar-refractivity contribution in [1.82, 2.24) is 15.1 Å². The van der Waals surface area contributed by atoms with Gasteiger partial charge in [-0.25, -0.2) is 0 Å². The Hall–Kier alpha value is -2.50. The lowest BCUT2D eigenvalue weighted by molar-refractivity contribution is -0.121. The van der Waals surface area contributed by atoms with Crippen molar-refractivity contribution >= 4 is 11.6 Å². The maximum absolute atomic E-state index is 12.2. The topological polar surface area (TPSA) is 59.4 Å². The molecule has 1 saturated heterocycles. The van der Waals surface area contributed by atoms with Crippen molar-refractivity contribution < 1.29 is 9.53 Å². The third kappa shape index (κ3) is 4.53. The Labute approximate surface area is 148 Å². The lowest BCUT2D eigenvalue weighted by Crippen LogP contribution is -2.44. The largest absolute Gasteiger partial charge is 0.495 e. The molecule has 0 radical (unpaired) electrons. The fourth-order valence-corrected chi connectivity index (χ4v) is 3.31. The quantitative estimate of drug-likeness (QED) is 0.874. The fraction of sp³-hybridized carbons (Fsp3) is 0.474. The van der Waals surface area contributed by atoms with Crippen LogP contribution in [0, 0.1) is 0 Å². The number of amides is 1. The van der Waals surface area contributed by atoms with Gasteiger partial charge in [0.2, 0.25) is 5.91 Å². The SMILES string of the molecule is COc1ccccc1N1CCC(NC(=O)CCc2cnn(C)c2)CC1. The normalized spacial score (nSPS) is 15.2. The summed E-state index contributed by atoms with van der Waals surface area (Å²) in [5, 5.41) is 7.30. The van der Waals surface area contributed by atoms with E-state index < -0.39 is 0 Å². The molecule has 1 fully saturated rings. The van der Waals surface area contributed by atoms with Gasteiger partial charge < -0.3 is 15.0 Å². The second-order valence-corrected chi connectivity index (χ2v) is 6.52. The van der Waals surface area contributed by atoms with Gasteiger partial charge in [-0.3, -0.25) is 9.48 Å². The molecule has 3 rings (SSSR count). The van der Waals surface area contributed by atoms with Crippen LogP contribution in [0.4, 0.5) is 5.69 Å². The average molecular weight is 342 g/mol. The van der Waals surface area contributed by atoms with Crippen LogP contribution in [0.3, 0.4) is 0 Å². The second-order valence-electron chi connectivity index (χ2n) is 6.52. The Balaban J connectivity index is 1.45. The standard InChI is InChI=1S/C19H26N4O2/c1-22-14-15(13-20-22)7-8-19(24)21-16-9-11-23(12-10-16)17-5-3-4-6-18(17)25-2/h3-6,13-14,16H,7-12H2,1-2H3,(H,21,24). The summed E-state index contributed by atoms with van der Waals surface area (Å²) in [4.78, 5) is 14.5. The number of anilines is 1. The maximum atomic E-state index is 12.2. The van der Waals surface area contributed by atoms with Crippen molar-refractivity contribution in [2.24, 2.45) is 7.05 Å². The summed E-state index contributed by atoms with van der Waals surface area (Å²) in [5.41, 5.74) is 2.23. The minimum absolute atomic E-state index is 0.125. The van der Waals surface area contributed by atoms with Crippen molar-refractivity contribution in [3.05, 3.63) is 42.2 Å². The van der Waals surface area contributed by atoms with Gasteiger partial charge >= 0.3 is 0 Å². The summed E-state index contributed by atoms with van der Waals surface area (Å²) < 4.78 is 7.21. The van der Waals surface area contributed by atoms with Crippen LogP contribution in [-0.4, -0.2) is 41.9 Å². The van der Waals surface area contributed by atoms with E-state index in [-0.39, 0.29) is 11.9 Å². The number of ether oxygens (including phenoxy) is 1. The molecule has 2 aromatic rings. The van der Waals surface area contributed by atoms with Crippen molar-refractivity contribution in [3.8, 4) is 5.75 Å². The lowest BCUT2D eigenvalue weighted by Gasteiger charge is -2.34. The van der Waals surface area contributed by atoms with Crippen LogP contribution in [0.15, 0.2) is 36.7 Å². The van der Waals surface area contributed by atoms with Crippen molar-refractivity contribution in [3.63, 3.8) is 0 Å². The molecule has 2 heterocycles. The molecule has 0 atom stereocenters. The van der Waals surface area contributed by atoms with Gasteiger partial charge in [0.15, 0.2) is 0 Å². The minimum Gasteiger partial charge on any atom is -0.495 e. The molecule has 0 spiro atoms. The lowest BCUT2D eigenvalue weighted by atomic mass is 10.0. The molecule has 6 heteroatoms. The molecule has 25 heavy (non-hydrogen) atoms. The second kappa shape index (κ2) is 8.05. The number of aromatic nitrogens is 2. The van der Waals surface area contributed by atoms with E-state index in [9.17, 15) is 4.79 Å². The highest BCUT2D eigenvalue weighted by Gasteiger charge is 2.22. The molecular formula is C19H26N4O2. The summed E-state index contributed by atoms with van der Waals surface area (Å²) in [6, 6.07) is 8.35. The molecule has 1 amide bonds. The average Bonchev–Trinajstić information content (AvgIpc) is 3.06. The van der Waals surface area contributed by atoms with Gasteiger partial charge in [-0.05, 0) is 37.0 Å². The molecule has 0 aliphatic carbocycles. The Morgan fingerprint density at radius 3 is 2.76 bits per heavy atom. The van der Waals surface area contributed by atoms with Gasteiger partial charge in [-0.15, -0.1) is 0 Å². The number of hydrogen-bond donors (Lipinski definition) is 1. The van der Waals surface area contributed by atoms with E-state index in [0.29, 0.717) is 6.42 Å². The number of methoxy groups -OCH3 is 1. The fourth-order valence-electron chi connectivity index (χ4n) is 3.31. The summed E-state index contributed by atoms with van der Waals surface area (Å²) >= 11 is 0. The number of hydrogen-bond acceptors (Lipinski definition) is 4.